The van der Waals surface area contributed by atoms with Crippen molar-refractivity contribution < 1.29 is 17.9 Å². The van der Waals surface area contributed by atoms with Crippen LogP contribution in [0.3, 0.4) is 0 Å². The summed E-state index contributed by atoms with van der Waals surface area (Å²) in [6, 6.07) is 15.5. The van der Waals surface area contributed by atoms with E-state index in [2.05, 4.69) is 12.2 Å². The van der Waals surface area contributed by atoms with Crippen LogP contribution in [0.1, 0.15) is 33.1 Å². The minimum atomic E-state index is -3.50. The Morgan fingerprint density at radius 3 is 2.31 bits per heavy atom. The van der Waals surface area contributed by atoms with Crippen LogP contribution in [0, 0.1) is 5.92 Å². The quantitative estimate of drug-likeness (QED) is 0.743. The van der Waals surface area contributed by atoms with Gasteiger partial charge in [-0.25, -0.2) is 8.42 Å². The number of ether oxygens (including phenoxy) is 1. The molecule has 0 spiro atoms. The van der Waals surface area contributed by atoms with Gasteiger partial charge in [-0.1, -0.05) is 32.0 Å². The number of carbonyl (C=O) groups excluding carboxylic acids is 1. The molecule has 1 aliphatic rings. The van der Waals surface area contributed by atoms with Gasteiger partial charge in [0.15, 0.2) is 6.10 Å². The summed E-state index contributed by atoms with van der Waals surface area (Å²) < 4.78 is 32.9. The van der Waals surface area contributed by atoms with Crippen molar-refractivity contribution in [3.8, 4) is 5.75 Å². The zero-order valence-corrected chi connectivity index (χ0v) is 17.7. The van der Waals surface area contributed by atoms with Crippen LogP contribution < -0.4 is 10.1 Å². The minimum Gasteiger partial charge on any atom is -0.481 e. The van der Waals surface area contributed by atoms with Crippen LogP contribution in [0.5, 0.6) is 5.75 Å². The maximum Gasteiger partial charge on any atom is 0.265 e. The smallest absolute Gasteiger partial charge is 0.265 e. The molecule has 0 bridgehead atoms. The fraction of sp³-hybridized carbons (Fsp3) is 0.409. The zero-order chi connectivity index (χ0) is 20.9. The molecule has 3 rings (SSSR count). The van der Waals surface area contributed by atoms with Crippen LogP contribution in [-0.4, -0.2) is 37.8 Å². The summed E-state index contributed by atoms with van der Waals surface area (Å²) in [5.41, 5.74) is 0.538. The lowest BCUT2D eigenvalue weighted by atomic mass is 10.0. The van der Waals surface area contributed by atoms with Gasteiger partial charge in [-0.05, 0) is 61.6 Å². The van der Waals surface area contributed by atoms with Crippen molar-refractivity contribution in [2.24, 2.45) is 5.92 Å². The Bertz CT molecular complexity index is 906. The fourth-order valence-corrected chi connectivity index (χ4v) is 4.76. The van der Waals surface area contributed by atoms with Crippen LogP contribution in [-0.2, 0) is 14.8 Å². The number of para-hydroxylation sites is 1. The molecule has 2 aromatic carbocycles. The van der Waals surface area contributed by atoms with E-state index in [0.29, 0.717) is 36.9 Å². The Labute approximate surface area is 172 Å². The highest BCUT2D eigenvalue weighted by atomic mass is 32.2. The van der Waals surface area contributed by atoms with E-state index in [4.69, 9.17) is 4.74 Å². The van der Waals surface area contributed by atoms with Gasteiger partial charge in [-0.3, -0.25) is 4.79 Å². The van der Waals surface area contributed by atoms with Gasteiger partial charge in [-0.15, -0.1) is 0 Å². The second-order valence-corrected chi connectivity index (χ2v) is 9.37. The Morgan fingerprint density at radius 2 is 1.72 bits per heavy atom. The van der Waals surface area contributed by atoms with Gasteiger partial charge in [-0.2, -0.15) is 4.31 Å². The molecule has 156 valence electrons. The first-order chi connectivity index (χ1) is 13.9. The molecule has 1 amide bonds. The predicted molar refractivity (Wildman–Crippen MR) is 113 cm³/mol. The highest BCUT2D eigenvalue weighted by molar-refractivity contribution is 7.89. The number of amides is 1. The van der Waals surface area contributed by atoms with E-state index in [-0.39, 0.29) is 10.8 Å². The molecular formula is C22H28N2O4S. The van der Waals surface area contributed by atoms with Crippen molar-refractivity contribution >= 4 is 21.6 Å². The molecule has 1 aliphatic heterocycles. The molecule has 0 aromatic heterocycles. The lowest BCUT2D eigenvalue weighted by molar-refractivity contribution is -0.122. The molecule has 0 aliphatic carbocycles. The third-order valence-electron chi connectivity index (χ3n) is 5.19. The monoisotopic (exact) mass is 416 g/mol. The lowest BCUT2D eigenvalue weighted by Crippen LogP contribution is -2.37. The molecule has 1 N–H and O–H groups in total. The number of sulfonamides is 1. The van der Waals surface area contributed by atoms with Crippen LogP contribution >= 0.6 is 0 Å². The van der Waals surface area contributed by atoms with E-state index in [1.807, 2.05) is 25.1 Å². The molecule has 1 fully saturated rings. The van der Waals surface area contributed by atoms with Crippen molar-refractivity contribution in [1.82, 2.24) is 4.31 Å². The summed E-state index contributed by atoms with van der Waals surface area (Å²) in [5, 5.41) is 2.80. The molecule has 1 atom stereocenters. The fourth-order valence-electron chi connectivity index (χ4n) is 3.29. The average molecular weight is 417 g/mol. The second kappa shape index (κ2) is 9.41. The minimum absolute atomic E-state index is 0.248. The number of hydrogen-bond acceptors (Lipinski definition) is 4. The van der Waals surface area contributed by atoms with Gasteiger partial charge in [0.05, 0.1) is 4.90 Å². The van der Waals surface area contributed by atoms with Crippen molar-refractivity contribution in [1.29, 1.82) is 0 Å². The number of piperidine rings is 1. The standard InChI is InChI=1S/C22H28N2O4S/c1-3-21(28-19-7-5-4-6-8-19)22(25)23-18-9-11-20(12-10-18)29(26,27)24-15-13-17(2)14-16-24/h4-12,17,21H,3,13-16H2,1-2H3,(H,23,25). The topological polar surface area (TPSA) is 75.7 Å². The molecular weight excluding hydrogens is 388 g/mol. The van der Waals surface area contributed by atoms with Crippen LogP contribution in [0.15, 0.2) is 59.5 Å². The molecule has 1 saturated heterocycles. The number of anilines is 1. The van der Waals surface area contributed by atoms with Crippen LogP contribution in [0.4, 0.5) is 5.69 Å². The van der Waals surface area contributed by atoms with Gasteiger partial charge in [0.2, 0.25) is 10.0 Å². The number of carbonyl (C=O) groups is 1. The van der Waals surface area contributed by atoms with Crippen molar-refractivity contribution in [3.63, 3.8) is 0 Å². The SMILES string of the molecule is CCC(Oc1ccccc1)C(=O)Nc1ccc(S(=O)(=O)N2CCC(C)CC2)cc1. The number of rotatable bonds is 7. The summed E-state index contributed by atoms with van der Waals surface area (Å²) in [4.78, 5) is 12.8. The molecule has 0 radical (unpaired) electrons. The Kier molecular flexibility index (Phi) is 6.92. The highest BCUT2D eigenvalue weighted by Crippen LogP contribution is 2.24. The molecule has 1 unspecified atom stereocenters. The lowest BCUT2D eigenvalue weighted by Gasteiger charge is -2.29. The van der Waals surface area contributed by atoms with Crippen molar-refractivity contribution in [3.05, 3.63) is 54.6 Å². The third-order valence-corrected chi connectivity index (χ3v) is 7.10. The summed E-state index contributed by atoms with van der Waals surface area (Å²) in [5.74, 6) is 0.924. The Balaban J connectivity index is 1.64. The van der Waals surface area contributed by atoms with Gasteiger partial charge in [0.25, 0.3) is 5.91 Å². The first kappa shape index (κ1) is 21.3. The third kappa shape index (κ3) is 5.36. The van der Waals surface area contributed by atoms with Gasteiger partial charge in [0, 0.05) is 18.8 Å². The number of hydrogen-bond donors (Lipinski definition) is 1. The van der Waals surface area contributed by atoms with Gasteiger partial charge >= 0.3 is 0 Å². The Morgan fingerprint density at radius 1 is 1.10 bits per heavy atom. The molecule has 1 heterocycles. The van der Waals surface area contributed by atoms with E-state index in [0.717, 1.165) is 12.8 Å². The normalized spacial score (nSPS) is 16.9. The molecule has 2 aromatic rings. The maximum absolute atomic E-state index is 12.8. The highest BCUT2D eigenvalue weighted by Gasteiger charge is 2.28. The number of benzene rings is 2. The number of nitrogens with zero attached hydrogens (tertiary/aromatic N) is 1. The van der Waals surface area contributed by atoms with Gasteiger partial charge < -0.3 is 10.1 Å². The summed E-state index contributed by atoms with van der Waals surface area (Å²) in [7, 11) is -3.50. The van der Waals surface area contributed by atoms with Crippen LogP contribution in [0.25, 0.3) is 0 Å². The molecule has 7 heteroatoms. The van der Waals surface area contributed by atoms with E-state index in [9.17, 15) is 13.2 Å². The molecule has 0 saturated carbocycles. The van der Waals surface area contributed by atoms with E-state index in [1.165, 1.54) is 0 Å². The first-order valence-corrected chi connectivity index (χ1v) is 11.5. The largest absolute Gasteiger partial charge is 0.481 e. The van der Waals surface area contributed by atoms with E-state index < -0.39 is 16.1 Å². The predicted octanol–water partition coefficient (Wildman–Crippen LogP) is 3.90. The van der Waals surface area contributed by atoms with Gasteiger partial charge in [0.1, 0.15) is 5.75 Å². The van der Waals surface area contributed by atoms with Crippen molar-refractivity contribution in [2.75, 3.05) is 18.4 Å². The molecule has 6 nitrogen and oxygen atoms in total. The Hall–Kier alpha value is -2.38. The van der Waals surface area contributed by atoms with E-state index in [1.54, 1.807) is 40.7 Å². The van der Waals surface area contributed by atoms with Crippen LogP contribution in [0.2, 0.25) is 0 Å². The number of nitrogens with one attached hydrogen (secondary N) is 1. The average Bonchev–Trinajstić information content (AvgIpc) is 2.73. The van der Waals surface area contributed by atoms with E-state index >= 15 is 0 Å². The second-order valence-electron chi connectivity index (χ2n) is 7.43. The maximum atomic E-state index is 12.8. The zero-order valence-electron chi connectivity index (χ0n) is 16.9. The summed E-state index contributed by atoms with van der Waals surface area (Å²) >= 11 is 0. The molecule has 29 heavy (non-hydrogen) atoms. The first-order valence-electron chi connectivity index (χ1n) is 10.0. The summed E-state index contributed by atoms with van der Waals surface area (Å²) in [6.45, 7) is 5.13. The summed E-state index contributed by atoms with van der Waals surface area (Å²) in [6.07, 6.45) is 1.65. The van der Waals surface area contributed by atoms with Crippen molar-refractivity contribution in [2.45, 2.75) is 44.1 Å².